The average molecular weight is 386 g/mol. The lowest BCUT2D eigenvalue weighted by Crippen LogP contribution is -2.22. The van der Waals surface area contributed by atoms with Crippen LogP contribution in [0.15, 0.2) is 58.4 Å². The summed E-state index contributed by atoms with van der Waals surface area (Å²) in [7, 11) is 0. The van der Waals surface area contributed by atoms with Gasteiger partial charge in [0.05, 0.1) is 10.6 Å². The molecule has 0 spiro atoms. The molecule has 1 amide bonds. The Labute approximate surface area is 158 Å². The van der Waals surface area contributed by atoms with E-state index in [4.69, 9.17) is 9.84 Å². The topological polar surface area (TPSA) is 88.0 Å². The second-order valence-electron chi connectivity index (χ2n) is 5.63. The predicted octanol–water partition coefficient (Wildman–Crippen LogP) is 3.57. The van der Waals surface area contributed by atoms with E-state index in [2.05, 4.69) is 10.3 Å². The van der Waals surface area contributed by atoms with Gasteiger partial charge < -0.3 is 15.2 Å². The lowest BCUT2D eigenvalue weighted by Gasteiger charge is -2.10. The van der Waals surface area contributed by atoms with Crippen LogP contribution >= 0.6 is 11.8 Å². The Morgan fingerprint density at radius 1 is 1.22 bits per heavy atom. The van der Waals surface area contributed by atoms with Gasteiger partial charge in [0.1, 0.15) is 11.6 Å². The molecule has 1 heterocycles. The monoisotopic (exact) mass is 386 g/mol. The van der Waals surface area contributed by atoms with Crippen molar-refractivity contribution in [3.8, 4) is 5.75 Å². The van der Waals surface area contributed by atoms with Crippen molar-refractivity contribution in [2.45, 2.75) is 13.0 Å². The number of amides is 1. The molecule has 3 rings (SSSR count). The number of ether oxygens (including phenoxy) is 1. The van der Waals surface area contributed by atoms with Crippen LogP contribution < -0.4 is 10.1 Å². The maximum Gasteiger partial charge on any atom is 0.344 e. The minimum atomic E-state index is -1.05. The summed E-state index contributed by atoms with van der Waals surface area (Å²) in [6, 6.07) is 12.4. The van der Waals surface area contributed by atoms with Gasteiger partial charge >= 0.3 is 5.97 Å². The summed E-state index contributed by atoms with van der Waals surface area (Å²) in [5.41, 5.74) is 1.29. The predicted molar refractivity (Wildman–Crippen MR) is 101 cm³/mol. The van der Waals surface area contributed by atoms with E-state index in [-0.39, 0.29) is 11.7 Å². The quantitative estimate of drug-likeness (QED) is 0.767. The number of benzene rings is 2. The number of hydrogen-bond donors (Lipinski definition) is 2. The van der Waals surface area contributed by atoms with E-state index in [1.165, 1.54) is 43.0 Å². The number of aliphatic imine (C=N–C) groups is 1. The summed E-state index contributed by atoms with van der Waals surface area (Å²) in [6.45, 7) is 1.44. The van der Waals surface area contributed by atoms with E-state index in [9.17, 15) is 14.0 Å². The number of aliphatic carboxylic acids is 1. The Balaban J connectivity index is 1.70. The first kappa shape index (κ1) is 18.7. The largest absolute Gasteiger partial charge is 0.479 e. The molecule has 0 radical (unpaired) electrons. The van der Waals surface area contributed by atoms with Crippen LogP contribution in [-0.2, 0) is 9.59 Å². The van der Waals surface area contributed by atoms with Crippen molar-refractivity contribution in [1.29, 1.82) is 0 Å². The van der Waals surface area contributed by atoms with Gasteiger partial charge in [-0.1, -0.05) is 12.1 Å². The molecule has 0 bridgehead atoms. The minimum Gasteiger partial charge on any atom is -0.479 e. The van der Waals surface area contributed by atoms with Crippen molar-refractivity contribution in [2.75, 3.05) is 0 Å². The van der Waals surface area contributed by atoms with Gasteiger partial charge in [-0.15, -0.1) is 0 Å². The van der Waals surface area contributed by atoms with Crippen LogP contribution in [0.25, 0.3) is 6.08 Å². The third-order valence-electron chi connectivity index (χ3n) is 3.55. The highest BCUT2D eigenvalue weighted by molar-refractivity contribution is 8.18. The molecular weight excluding hydrogens is 371 g/mol. The molecule has 0 aliphatic carbocycles. The van der Waals surface area contributed by atoms with Crippen LogP contribution in [0.5, 0.6) is 5.75 Å². The molecule has 2 aromatic carbocycles. The van der Waals surface area contributed by atoms with Gasteiger partial charge in [-0.25, -0.2) is 14.2 Å². The Hall–Kier alpha value is -3.13. The van der Waals surface area contributed by atoms with Crippen LogP contribution in [0, 0.1) is 5.82 Å². The molecule has 0 saturated carbocycles. The van der Waals surface area contributed by atoms with Crippen molar-refractivity contribution < 1.29 is 23.8 Å². The number of amidine groups is 1. The van der Waals surface area contributed by atoms with E-state index in [1.54, 1.807) is 30.3 Å². The van der Waals surface area contributed by atoms with E-state index >= 15 is 0 Å². The first-order valence-corrected chi connectivity index (χ1v) is 8.77. The number of halogens is 1. The summed E-state index contributed by atoms with van der Waals surface area (Å²) >= 11 is 1.18. The van der Waals surface area contributed by atoms with Crippen molar-refractivity contribution in [2.24, 2.45) is 4.99 Å². The van der Waals surface area contributed by atoms with Gasteiger partial charge in [-0.2, -0.15) is 0 Å². The number of carbonyl (C=O) groups is 2. The highest BCUT2D eigenvalue weighted by atomic mass is 32.2. The number of carboxylic acid groups (broad SMARTS) is 1. The smallest absolute Gasteiger partial charge is 0.344 e. The Morgan fingerprint density at radius 2 is 1.89 bits per heavy atom. The molecule has 1 aliphatic heterocycles. The SMILES string of the molecule is CC(Oc1ccc(C=C2SC(=Nc3ccc(F)cc3)NC2=O)cc1)C(=O)O. The molecule has 1 saturated heterocycles. The molecule has 2 aromatic rings. The summed E-state index contributed by atoms with van der Waals surface area (Å²) in [4.78, 5) is 27.6. The van der Waals surface area contributed by atoms with Crippen LogP contribution in [-0.4, -0.2) is 28.3 Å². The van der Waals surface area contributed by atoms with Gasteiger partial charge in [0.2, 0.25) is 0 Å². The van der Waals surface area contributed by atoms with E-state index in [0.29, 0.717) is 21.5 Å². The highest BCUT2D eigenvalue weighted by Crippen LogP contribution is 2.28. The molecule has 8 heteroatoms. The van der Waals surface area contributed by atoms with Crippen LogP contribution in [0.1, 0.15) is 12.5 Å². The molecule has 138 valence electrons. The Kier molecular flexibility index (Phi) is 5.56. The molecule has 1 fully saturated rings. The summed E-state index contributed by atoms with van der Waals surface area (Å²) in [5, 5.41) is 11.9. The van der Waals surface area contributed by atoms with Crippen molar-refractivity contribution in [1.82, 2.24) is 5.32 Å². The zero-order valence-electron chi connectivity index (χ0n) is 14.2. The van der Waals surface area contributed by atoms with Crippen LogP contribution in [0.2, 0.25) is 0 Å². The van der Waals surface area contributed by atoms with Gasteiger partial charge in [-0.3, -0.25) is 4.79 Å². The fourth-order valence-corrected chi connectivity index (χ4v) is 3.00. The zero-order valence-corrected chi connectivity index (χ0v) is 15.0. The van der Waals surface area contributed by atoms with Gasteiger partial charge in [0.15, 0.2) is 11.3 Å². The maximum atomic E-state index is 12.9. The Bertz CT molecular complexity index is 924. The van der Waals surface area contributed by atoms with Gasteiger partial charge in [0.25, 0.3) is 5.91 Å². The minimum absolute atomic E-state index is 0.277. The number of hydrogen-bond acceptors (Lipinski definition) is 5. The number of carboxylic acids is 1. The normalized spacial score (nSPS) is 17.8. The third-order valence-corrected chi connectivity index (χ3v) is 4.46. The van der Waals surface area contributed by atoms with Crippen LogP contribution in [0.3, 0.4) is 0 Å². The first-order chi connectivity index (χ1) is 12.9. The number of thioether (sulfide) groups is 1. The fraction of sp³-hybridized carbons (Fsp3) is 0.105. The Morgan fingerprint density at radius 3 is 2.52 bits per heavy atom. The van der Waals surface area contributed by atoms with Gasteiger partial charge in [-0.05, 0) is 66.7 Å². The molecule has 1 aliphatic rings. The highest BCUT2D eigenvalue weighted by Gasteiger charge is 2.23. The second-order valence-corrected chi connectivity index (χ2v) is 6.66. The zero-order chi connectivity index (χ0) is 19.4. The molecule has 2 N–H and O–H groups in total. The maximum absolute atomic E-state index is 12.9. The van der Waals surface area contributed by atoms with Crippen molar-refractivity contribution >= 4 is 40.6 Å². The lowest BCUT2D eigenvalue weighted by molar-refractivity contribution is -0.144. The summed E-state index contributed by atoms with van der Waals surface area (Å²) < 4.78 is 18.2. The number of nitrogens with one attached hydrogen (secondary N) is 1. The first-order valence-electron chi connectivity index (χ1n) is 7.95. The van der Waals surface area contributed by atoms with Crippen LogP contribution in [0.4, 0.5) is 10.1 Å². The van der Waals surface area contributed by atoms with Gasteiger partial charge in [0, 0.05) is 0 Å². The van der Waals surface area contributed by atoms with E-state index in [0.717, 1.165) is 5.56 Å². The third kappa shape index (κ3) is 4.95. The molecule has 1 atom stereocenters. The fourth-order valence-electron chi connectivity index (χ4n) is 2.16. The molecule has 0 aromatic heterocycles. The molecule has 1 unspecified atom stereocenters. The standard InChI is InChI=1S/C19H15FN2O4S/c1-11(18(24)25)26-15-8-2-12(3-9-15)10-16-17(23)22-19(27-16)21-14-6-4-13(20)5-7-14/h2-11H,1H3,(H,24,25)(H,21,22,23). The molecule has 27 heavy (non-hydrogen) atoms. The van der Waals surface area contributed by atoms with Crippen molar-refractivity contribution in [3.05, 3.63) is 64.8 Å². The number of rotatable bonds is 5. The average Bonchev–Trinajstić information content (AvgIpc) is 2.97. The van der Waals surface area contributed by atoms with Crippen molar-refractivity contribution in [3.63, 3.8) is 0 Å². The summed E-state index contributed by atoms with van der Waals surface area (Å²) in [5.74, 6) is -1.25. The lowest BCUT2D eigenvalue weighted by atomic mass is 10.2. The van der Waals surface area contributed by atoms with E-state index < -0.39 is 12.1 Å². The van der Waals surface area contributed by atoms with E-state index in [1.807, 2.05) is 0 Å². The second kappa shape index (κ2) is 8.05. The summed E-state index contributed by atoms with van der Waals surface area (Å²) in [6.07, 6.45) is 0.744. The molecular formula is C19H15FN2O4S. The number of carbonyl (C=O) groups excluding carboxylic acids is 1. The number of nitrogens with zero attached hydrogens (tertiary/aromatic N) is 1. The molecule has 6 nitrogen and oxygen atoms in total.